The fourth-order valence-electron chi connectivity index (χ4n) is 2.11. The number of likely N-dealkylation sites (tertiary alicyclic amines) is 1. The van der Waals surface area contributed by atoms with Crippen LogP contribution >= 0.6 is 0 Å². The van der Waals surface area contributed by atoms with E-state index in [0.29, 0.717) is 25.1 Å². The van der Waals surface area contributed by atoms with Crippen LogP contribution in [0.2, 0.25) is 0 Å². The van der Waals surface area contributed by atoms with Crippen LogP contribution in [0.15, 0.2) is 11.6 Å². The molecule has 0 aromatic rings. The van der Waals surface area contributed by atoms with Crippen molar-refractivity contribution in [1.82, 2.24) is 4.90 Å². The molecule has 17 heavy (non-hydrogen) atoms. The van der Waals surface area contributed by atoms with E-state index in [1.54, 1.807) is 18.7 Å². The zero-order valence-corrected chi connectivity index (χ0v) is 10.9. The van der Waals surface area contributed by atoms with Crippen molar-refractivity contribution in [3.05, 3.63) is 11.6 Å². The van der Waals surface area contributed by atoms with E-state index in [0.717, 1.165) is 12.8 Å². The van der Waals surface area contributed by atoms with Crippen molar-refractivity contribution in [3.8, 4) is 0 Å². The average Bonchev–Trinajstić information content (AvgIpc) is 2.77. The molecule has 1 fully saturated rings. The van der Waals surface area contributed by atoms with Gasteiger partial charge in [0.05, 0.1) is 6.61 Å². The molecule has 4 nitrogen and oxygen atoms in total. The van der Waals surface area contributed by atoms with Crippen molar-refractivity contribution in [2.45, 2.75) is 46.1 Å². The van der Waals surface area contributed by atoms with Crippen LogP contribution in [-0.2, 0) is 14.3 Å². The smallest absolute Gasteiger partial charge is 0.328 e. The summed E-state index contributed by atoms with van der Waals surface area (Å²) >= 11 is 0. The summed E-state index contributed by atoms with van der Waals surface area (Å²) in [6.07, 6.45) is 4.30. The second-order valence-electron chi connectivity index (χ2n) is 4.20. The maximum Gasteiger partial charge on any atom is 0.328 e. The summed E-state index contributed by atoms with van der Waals surface area (Å²) in [5.41, 5.74) is 0.712. The molecule has 1 aliphatic rings. The summed E-state index contributed by atoms with van der Waals surface area (Å²) in [4.78, 5) is 25.4. The van der Waals surface area contributed by atoms with Crippen LogP contribution in [-0.4, -0.2) is 36.0 Å². The number of hydrogen-bond acceptors (Lipinski definition) is 3. The quantitative estimate of drug-likeness (QED) is 0.556. The first-order valence-corrected chi connectivity index (χ1v) is 6.26. The maximum atomic E-state index is 12.1. The van der Waals surface area contributed by atoms with Gasteiger partial charge in [-0.2, -0.15) is 0 Å². The van der Waals surface area contributed by atoms with Crippen LogP contribution in [0.1, 0.15) is 40.0 Å². The van der Waals surface area contributed by atoms with Crippen LogP contribution in [0.5, 0.6) is 0 Å². The fourth-order valence-corrected chi connectivity index (χ4v) is 2.11. The highest BCUT2D eigenvalue weighted by Gasteiger charge is 2.35. The van der Waals surface area contributed by atoms with E-state index in [2.05, 4.69) is 0 Å². The van der Waals surface area contributed by atoms with Gasteiger partial charge in [0.2, 0.25) is 5.91 Å². The van der Waals surface area contributed by atoms with Gasteiger partial charge in [0.1, 0.15) is 6.04 Å². The summed E-state index contributed by atoms with van der Waals surface area (Å²) in [6, 6.07) is -0.386. The lowest BCUT2D eigenvalue weighted by Crippen LogP contribution is -2.41. The van der Waals surface area contributed by atoms with Crippen molar-refractivity contribution in [1.29, 1.82) is 0 Å². The first-order chi connectivity index (χ1) is 8.11. The number of nitrogens with zero attached hydrogens (tertiary/aromatic N) is 1. The highest BCUT2D eigenvalue weighted by atomic mass is 16.5. The molecule has 96 valence electrons. The lowest BCUT2D eigenvalue weighted by Gasteiger charge is -2.23. The normalized spacial score (nSPS) is 20.5. The predicted molar refractivity (Wildman–Crippen MR) is 65.4 cm³/mol. The van der Waals surface area contributed by atoms with E-state index in [4.69, 9.17) is 4.74 Å². The number of allylic oxidation sites excluding steroid dienone is 1. The number of carbonyl (C=O) groups excluding carboxylic acids is 2. The summed E-state index contributed by atoms with van der Waals surface area (Å²) in [7, 11) is 0. The highest BCUT2D eigenvalue weighted by molar-refractivity contribution is 5.96. The zero-order valence-electron chi connectivity index (χ0n) is 10.9. The van der Waals surface area contributed by atoms with Gasteiger partial charge in [0.25, 0.3) is 0 Å². The molecule has 0 N–H and O–H groups in total. The lowest BCUT2D eigenvalue weighted by atomic mass is 10.2. The lowest BCUT2D eigenvalue weighted by molar-refractivity contribution is -0.152. The van der Waals surface area contributed by atoms with Crippen molar-refractivity contribution in [2.75, 3.05) is 13.2 Å². The molecular formula is C13H21NO3. The molecule has 0 aromatic heterocycles. The third kappa shape index (κ3) is 3.32. The van der Waals surface area contributed by atoms with Crippen molar-refractivity contribution in [3.63, 3.8) is 0 Å². The van der Waals surface area contributed by atoms with E-state index in [-0.39, 0.29) is 17.9 Å². The number of rotatable bonds is 4. The van der Waals surface area contributed by atoms with Crippen molar-refractivity contribution >= 4 is 11.9 Å². The molecular weight excluding hydrogens is 218 g/mol. The van der Waals surface area contributed by atoms with Gasteiger partial charge in [-0.15, -0.1) is 0 Å². The minimum Gasteiger partial charge on any atom is -0.464 e. The Hall–Kier alpha value is -1.32. The van der Waals surface area contributed by atoms with E-state index in [1.165, 1.54) is 0 Å². The van der Waals surface area contributed by atoms with Gasteiger partial charge < -0.3 is 9.64 Å². The molecule has 1 unspecified atom stereocenters. The molecule has 0 aliphatic carbocycles. The van der Waals surface area contributed by atoms with Gasteiger partial charge in [-0.25, -0.2) is 4.79 Å². The van der Waals surface area contributed by atoms with E-state index in [1.807, 2.05) is 13.0 Å². The van der Waals surface area contributed by atoms with Gasteiger partial charge in [-0.1, -0.05) is 13.0 Å². The molecule has 1 heterocycles. The number of carbonyl (C=O) groups is 2. The van der Waals surface area contributed by atoms with E-state index < -0.39 is 0 Å². The third-order valence-corrected chi connectivity index (χ3v) is 2.92. The number of ether oxygens (including phenoxy) is 1. The largest absolute Gasteiger partial charge is 0.464 e. The molecule has 1 aliphatic heterocycles. The number of hydrogen-bond donors (Lipinski definition) is 0. The first kappa shape index (κ1) is 13.7. The van der Waals surface area contributed by atoms with E-state index >= 15 is 0 Å². The Labute approximate surface area is 103 Å². The Morgan fingerprint density at radius 3 is 2.71 bits per heavy atom. The Bertz CT molecular complexity index is 323. The Kier molecular flexibility index (Phi) is 5.19. The molecule has 1 atom stereocenters. The van der Waals surface area contributed by atoms with E-state index in [9.17, 15) is 9.59 Å². The molecule has 1 saturated heterocycles. The highest BCUT2D eigenvalue weighted by Crippen LogP contribution is 2.20. The Morgan fingerprint density at radius 1 is 1.41 bits per heavy atom. The second-order valence-corrected chi connectivity index (χ2v) is 4.20. The van der Waals surface area contributed by atoms with Crippen LogP contribution in [0.3, 0.4) is 0 Å². The van der Waals surface area contributed by atoms with Gasteiger partial charge in [0, 0.05) is 12.1 Å². The number of esters is 1. The third-order valence-electron chi connectivity index (χ3n) is 2.92. The molecule has 1 rings (SSSR count). The van der Waals surface area contributed by atoms with Crippen LogP contribution < -0.4 is 0 Å². The predicted octanol–water partition coefficient (Wildman–Crippen LogP) is 1.90. The van der Waals surface area contributed by atoms with Crippen LogP contribution in [0.25, 0.3) is 0 Å². The monoisotopic (exact) mass is 239 g/mol. The molecule has 4 heteroatoms. The summed E-state index contributed by atoms with van der Waals surface area (Å²) in [5, 5.41) is 0. The van der Waals surface area contributed by atoms with Gasteiger partial charge >= 0.3 is 5.97 Å². The molecule has 1 amide bonds. The topological polar surface area (TPSA) is 46.6 Å². The molecule has 0 aromatic carbocycles. The second kappa shape index (κ2) is 6.42. The molecule has 0 spiro atoms. The molecule has 0 saturated carbocycles. The van der Waals surface area contributed by atoms with Gasteiger partial charge in [-0.05, 0) is 33.1 Å². The zero-order chi connectivity index (χ0) is 12.8. The average molecular weight is 239 g/mol. The van der Waals surface area contributed by atoms with Gasteiger partial charge in [-0.3, -0.25) is 4.79 Å². The Morgan fingerprint density at radius 2 is 2.12 bits per heavy atom. The number of amides is 1. The summed E-state index contributed by atoms with van der Waals surface area (Å²) in [5.74, 6) is -0.315. The maximum absolute atomic E-state index is 12.1. The SMILES string of the molecule is CC/C=C(\C)C(=O)N1CCCC1C(=O)OCC. The standard InChI is InChI=1S/C13H21NO3/c1-4-7-10(3)12(15)14-9-6-8-11(14)13(16)17-5-2/h7,11H,4-6,8-9H2,1-3H3/b10-7+. The van der Waals surface area contributed by atoms with Gasteiger partial charge in [0.15, 0.2) is 0 Å². The molecule has 0 radical (unpaired) electrons. The minimum absolute atomic E-state index is 0.0394. The summed E-state index contributed by atoms with van der Waals surface area (Å²) in [6.45, 7) is 6.58. The van der Waals surface area contributed by atoms with Crippen molar-refractivity contribution < 1.29 is 14.3 Å². The molecule has 0 bridgehead atoms. The minimum atomic E-state index is -0.386. The fraction of sp³-hybridized carbons (Fsp3) is 0.692. The van der Waals surface area contributed by atoms with Crippen LogP contribution in [0, 0.1) is 0 Å². The summed E-state index contributed by atoms with van der Waals surface area (Å²) < 4.78 is 4.99. The van der Waals surface area contributed by atoms with Crippen LogP contribution in [0.4, 0.5) is 0 Å². The Balaban J connectivity index is 2.72. The van der Waals surface area contributed by atoms with Crippen molar-refractivity contribution in [2.24, 2.45) is 0 Å². The first-order valence-electron chi connectivity index (χ1n) is 6.26.